The number of hydrogen-bond acceptors (Lipinski definition) is 7. The first-order valence-electron chi connectivity index (χ1n) is 16.6. The van der Waals surface area contributed by atoms with Crippen LogP contribution in [0.25, 0.3) is 38.8 Å². The Morgan fingerprint density at radius 2 is 1.74 bits per heavy atom. The lowest BCUT2D eigenvalue weighted by Crippen LogP contribution is -2.36. The van der Waals surface area contributed by atoms with E-state index in [1.807, 2.05) is 6.08 Å². The minimum absolute atomic E-state index is 0.0165. The minimum Gasteiger partial charge on any atom is -0.496 e. The van der Waals surface area contributed by atoms with Crippen molar-refractivity contribution in [3.05, 3.63) is 89.5 Å². The molecule has 0 saturated carbocycles. The number of aliphatic hydroxyl groups is 1. The summed E-state index contributed by atoms with van der Waals surface area (Å²) in [4.78, 5) is 2.41. The third-order valence-electron chi connectivity index (χ3n) is 9.51. The average molecular weight is 622 g/mol. The first-order valence-corrected chi connectivity index (χ1v) is 16.6. The molecule has 1 aliphatic carbocycles. The summed E-state index contributed by atoms with van der Waals surface area (Å²) in [5, 5.41) is 11.6. The van der Waals surface area contributed by atoms with E-state index in [1.165, 1.54) is 22.4 Å². The van der Waals surface area contributed by atoms with Gasteiger partial charge < -0.3 is 33.7 Å². The summed E-state index contributed by atoms with van der Waals surface area (Å²) in [7, 11) is 1.74. The molecule has 0 radical (unpaired) electrons. The number of ether oxygens (including phenoxy) is 5. The van der Waals surface area contributed by atoms with Crippen LogP contribution < -0.4 is 9.64 Å². The second-order valence-electron chi connectivity index (χ2n) is 12.1. The molecule has 0 amide bonds. The first kappa shape index (κ1) is 30.8. The van der Waals surface area contributed by atoms with Gasteiger partial charge in [0.25, 0.3) is 0 Å². The Morgan fingerprint density at radius 1 is 0.891 bits per heavy atom. The molecule has 1 N–H and O–H groups in total. The number of methoxy groups -OCH3 is 1. The van der Waals surface area contributed by atoms with Crippen LogP contribution in [0.1, 0.15) is 42.9 Å². The van der Waals surface area contributed by atoms with Crippen LogP contribution in [0.2, 0.25) is 0 Å². The van der Waals surface area contributed by atoms with Gasteiger partial charge in [0.05, 0.1) is 52.3 Å². The van der Waals surface area contributed by atoms with Crippen LogP contribution in [-0.2, 0) is 24.5 Å². The van der Waals surface area contributed by atoms with Gasteiger partial charge in [0.15, 0.2) is 0 Å². The van der Waals surface area contributed by atoms with Crippen LogP contribution in [0.15, 0.2) is 72.8 Å². The zero-order chi connectivity index (χ0) is 31.5. The molecule has 4 aromatic carbocycles. The summed E-state index contributed by atoms with van der Waals surface area (Å²) in [6.07, 6.45) is 4.82. The largest absolute Gasteiger partial charge is 0.496 e. The normalized spacial score (nSPS) is 18.5. The first-order chi connectivity index (χ1) is 22.7. The molecule has 0 bridgehead atoms. The monoisotopic (exact) mass is 621 g/mol. The van der Waals surface area contributed by atoms with E-state index < -0.39 is 5.60 Å². The third-order valence-corrected chi connectivity index (χ3v) is 9.51. The van der Waals surface area contributed by atoms with Gasteiger partial charge >= 0.3 is 0 Å². The van der Waals surface area contributed by atoms with Crippen LogP contribution in [0.3, 0.4) is 0 Å². The molecule has 7 nitrogen and oxygen atoms in total. The van der Waals surface area contributed by atoms with Crippen molar-refractivity contribution in [2.45, 2.75) is 31.8 Å². The number of nitrogens with zero attached hydrogens (tertiary/aromatic N) is 1. The maximum Gasteiger partial charge on any atom is 0.138 e. The number of anilines is 1. The molecular weight excluding hydrogens is 578 g/mol. The zero-order valence-corrected chi connectivity index (χ0v) is 26.8. The van der Waals surface area contributed by atoms with E-state index in [4.69, 9.17) is 23.7 Å². The van der Waals surface area contributed by atoms with Crippen molar-refractivity contribution in [2.24, 2.45) is 0 Å². The highest BCUT2D eigenvalue weighted by atomic mass is 16.5. The van der Waals surface area contributed by atoms with Gasteiger partial charge in [-0.15, -0.1) is 0 Å². The fourth-order valence-corrected chi connectivity index (χ4v) is 7.41. The van der Waals surface area contributed by atoms with Crippen molar-refractivity contribution in [3.63, 3.8) is 0 Å². The van der Waals surface area contributed by atoms with Crippen molar-refractivity contribution >= 4 is 22.2 Å². The van der Waals surface area contributed by atoms with Crippen LogP contribution >= 0.6 is 0 Å². The van der Waals surface area contributed by atoms with Gasteiger partial charge in [-0.05, 0) is 70.0 Å². The van der Waals surface area contributed by atoms with Gasteiger partial charge in [-0.1, -0.05) is 62.2 Å². The lowest BCUT2D eigenvalue weighted by atomic mass is 9.80. The molecule has 1 saturated heterocycles. The van der Waals surface area contributed by atoms with E-state index in [1.54, 1.807) is 7.11 Å². The molecule has 0 spiro atoms. The molecule has 1 fully saturated rings. The van der Waals surface area contributed by atoms with Gasteiger partial charge in [0, 0.05) is 29.7 Å². The van der Waals surface area contributed by atoms with E-state index in [0.717, 1.165) is 90.1 Å². The van der Waals surface area contributed by atoms with Crippen LogP contribution in [0, 0.1) is 0 Å². The third kappa shape index (κ3) is 5.35. The van der Waals surface area contributed by atoms with Gasteiger partial charge in [-0.3, -0.25) is 0 Å². The summed E-state index contributed by atoms with van der Waals surface area (Å²) in [5.41, 5.74) is 8.33. The summed E-state index contributed by atoms with van der Waals surface area (Å²) in [5.74, 6) is 1.66. The van der Waals surface area contributed by atoms with Gasteiger partial charge in [-0.2, -0.15) is 0 Å². The highest BCUT2D eigenvalue weighted by Crippen LogP contribution is 2.60. The number of unbranched alkanes of at least 4 members (excludes halogenated alkanes) is 1. The molecule has 46 heavy (non-hydrogen) atoms. The Labute approximate surface area is 271 Å². The minimum atomic E-state index is -0.764. The SMILES string of the molecule is CCCCC1(OCCOCCO)c2cc(-c3ccccc3)ccc2-c2c1c1c(c3ccc(N4CCOCC4)cc23)OCC=C1OC. The number of benzene rings is 4. The topological polar surface area (TPSA) is 69.6 Å². The Morgan fingerprint density at radius 3 is 2.52 bits per heavy atom. The Balaban J connectivity index is 1.52. The average Bonchev–Trinajstić information content (AvgIpc) is 3.40. The summed E-state index contributed by atoms with van der Waals surface area (Å²) in [6.45, 7) is 6.87. The molecule has 3 aliphatic rings. The standard InChI is InChI=1S/C39H43NO6/c1-3-4-15-39(46-24-23-44-22-18-41)33-25-28(27-8-6-5-7-9-27)10-12-31(33)35-32-26-29(40-16-20-43-21-17-40)11-13-30(32)38-36(37(35)39)34(42-2)14-19-45-38/h5-14,25-26,41H,3-4,15-24H2,1-2H3. The van der Waals surface area contributed by atoms with Crippen molar-refractivity contribution in [1.82, 2.24) is 0 Å². The van der Waals surface area contributed by atoms with E-state index >= 15 is 0 Å². The number of rotatable bonds is 12. The predicted octanol–water partition coefficient (Wildman–Crippen LogP) is 7.16. The maximum atomic E-state index is 9.34. The molecule has 7 heteroatoms. The molecule has 1 atom stereocenters. The fraction of sp³-hybridized carbons (Fsp3) is 0.385. The van der Waals surface area contributed by atoms with Crippen LogP contribution in [-0.4, -0.2) is 71.6 Å². The number of fused-ring (bicyclic) bond motifs is 8. The predicted molar refractivity (Wildman–Crippen MR) is 182 cm³/mol. The summed E-state index contributed by atoms with van der Waals surface area (Å²) < 4.78 is 31.2. The highest BCUT2D eigenvalue weighted by molar-refractivity contribution is 6.10. The van der Waals surface area contributed by atoms with Crippen LogP contribution in [0.5, 0.6) is 5.75 Å². The number of morpholine rings is 1. The molecule has 2 aliphatic heterocycles. The van der Waals surface area contributed by atoms with Crippen molar-refractivity contribution in [3.8, 4) is 28.0 Å². The van der Waals surface area contributed by atoms with Crippen molar-refractivity contribution < 1.29 is 28.8 Å². The molecule has 0 aromatic heterocycles. The van der Waals surface area contributed by atoms with Gasteiger partial charge in [-0.25, -0.2) is 0 Å². The molecule has 2 heterocycles. The number of hydrogen-bond donors (Lipinski definition) is 1. The zero-order valence-electron chi connectivity index (χ0n) is 26.8. The molecule has 4 aromatic rings. The van der Waals surface area contributed by atoms with E-state index in [-0.39, 0.29) is 13.2 Å². The molecule has 7 rings (SSSR count). The Bertz CT molecular complexity index is 1730. The Hall–Kier alpha value is -3.88. The summed E-state index contributed by atoms with van der Waals surface area (Å²) >= 11 is 0. The second kappa shape index (κ2) is 13.5. The Kier molecular flexibility index (Phi) is 9.00. The fourth-order valence-electron chi connectivity index (χ4n) is 7.41. The van der Waals surface area contributed by atoms with Gasteiger partial charge in [0.1, 0.15) is 23.7 Å². The highest BCUT2D eigenvalue weighted by Gasteiger charge is 2.49. The van der Waals surface area contributed by atoms with Crippen molar-refractivity contribution in [1.29, 1.82) is 0 Å². The lowest BCUT2D eigenvalue weighted by Gasteiger charge is -2.36. The molecule has 1 unspecified atom stereocenters. The van der Waals surface area contributed by atoms with E-state index in [9.17, 15) is 5.11 Å². The molecule has 240 valence electrons. The second-order valence-corrected chi connectivity index (χ2v) is 12.1. The van der Waals surface area contributed by atoms with E-state index in [2.05, 4.69) is 78.6 Å². The smallest absolute Gasteiger partial charge is 0.138 e. The summed E-state index contributed by atoms with van der Waals surface area (Å²) in [6, 6.07) is 24.1. The molecular formula is C39H43NO6. The van der Waals surface area contributed by atoms with Crippen LogP contribution in [0.4, 0.5) is 5.69 Å². The number of aliphatic hydroxyl groups excluding tert-OH is 1. The van der Waals surface area contributed by atoms with Crippen molar-refractivity contribution in [2.75, 3.05) is 71.3 Å². The maximum absolute atomic E-state index is 9.34. The van der Waals surface area contributed by atoms with E-state index in [0.29, 0.717) is 19.8 Å². The lowest BCUT2D eigenvalue weighted by molar-refractivity contribution is -0.0534. The quantitative estimate of drug-likeness (QED) is 0.168. The van der Waals surface area contributed by atoms with Gasteiger partial charge in [0.2, 0.25) is 0 Å².